The molecular weight excluding hydrogens is 292 g/mol. The van der Waals surface area contributed by atoms with Gasteiger partial charge in [-0.3, -0.25) is 0 Å². The summed E-state index contributed by atoms with van der Waals surface area (Å²) in [7, 11) is 0. The fourth-order valence-corrected chi connectivity index (χ4v) is 2.45. The lowest BCUT2D eigenvalue weighted by Crippen LogP contribution is -2.29. The summed E-state index contributed by atoms with van der Waals surface area (Å²) in [6, 6.07) is 15.5. The predicted molar refractivity (Wildman–Crippen MR) is 89.0 cm³/mol. The summed E-state index contributed by atoms with van der Waals surface area (Å²) in [4.78, 5) is 11.9. The van der Waals surface area contributed by atoms with Crippen molar-refractivity contribution in [3.05, 3.63) is 54.1 Å². The first-order valence-corrected chi connectivity index (χ1v) is 7.80. The van der Waals surface area contributed by atoms with E-state index in [0.717, 1.165) is 19.3 Å². The van der Waals surface area contributed by atoms with Gasteiger partial charge in [-0.1, -0.05) is 30.3 Å². The van der Waals surface area contributed by atoms with E-state index < -0.39 is 0 Å². The van der Waals surface area contributed by atoms with E-state index in [1.54, 1.807) is 18.2 Å². The molecule has 120 valence electrons. The molecule has 1 aliphatic rings. The summed E-state index contributed by atoms with van der Waals surface area (Å²) in [5.41, 5.74) is 2.02. The van der Waals surface area contributed by atoms with Gasteiger partial charge in [0.2, 0.25) is 6.79 Å². The first-order valence-electron chi connectivity index (χ1n) is 7.80. The second-order valence-corrected chi connectivity index (χ2v) is 5.39. The van der Waals surface area contributed by atoms with Gasteiger partial charge in [0.25, 0.3) is 0 Å². The maximum atomic E-state index is 11.9. The van der Waals surface area contributed by atoms with Gasteiger partial charge in [-0.15, -0.1) is 0 Å². The molecule has 0 radical (unpaired) electrons. The molecule has 5 heteroatoms. The Morgan fingerprint density at radius 2 is 1.83 bits per heavy atom. The molecule has 2 N–H and O–H groups in total. The zero-order valence-electron chi connectivity index (χ0n) is 12.9. The monoisotopic (exact) mass is 312 g/mol. The summed E-state index contributed by atoms with van der Waals surface area (Å²) in [5.74, 6) is 1.36. The number of carbonyl (C=O) groups is 1. The zero-order valence-corrected chi connectivity index (χ0v) is 12.9. The van der Waals surface area contributed by atoms with Crippen LogP contribution in [0.25, 0.3) is 0 Å². The van der Waals surface area contributed by atoms with Gasteiger partial charge >= 0.3 is 6.03 Å². The molecule has 1 aliphatic heterocycles. The molecule has 5 nitrogen and oxygen atoms in total. The SMILES string of the molecule is O=C(NCCCCc1ccccc1)Nc1ccc2c(c1)OCO2. The number of rotatable bonds is 6. The summed E-state index contributed by atoms with van der Waals surface area (Å²) in [5, 5.41) is 5.66. The van der Waals surface area contributed by atoms with Crippen LogP contribution in [0.5, 0.6) is 11.5 Å². The highest BCUT2D eigenvalue weighted by Gasteiger charge is 2.13. The lowest BCUT2D eigenvalue weighted by molar-refractivity contribution is 0.174. The molecule has 0 spiro atoms. The third-order valence-corrected chi connectivity index (χ3v) is 3.65. The van der Waals surface area contributed by atoms with E-state index in [0.29, 0.717) is 23.7 Å². The van der Waals surface area contributed by atoms with Crippen LogP contribution in [0.4, 0.5) is 10.5 Å². The van der Waals surface area contributed by atoms with Crippen molar-refractivity contribution >= 4 is 11.7 Å². The van der Waals surface area contributed by atoms with E-state index in [9.17, 15) is 4.79 Å². The fourth-order valence-electron chi connectivity index (χ4n) is 2.45. The number of hydrogen-bond acceptors (Lipinski definition) is 3. The Balaban J connectivity index is 1.35. The zero-order chi connectivity index (χ0) is 15.9. The van der Waals surface area contributed by atoms with Crippen LogP contribution in [0.3, 0.4) is 0 Å². The maximum Gasteiger partial charge on any atom is 0.319 e. The molecule has 0 fully saturated rings. The van der Waals surface area contributed by atoms with Gasteiger partial charge in [0.05, 0.1) is 0 Å². The van der Waals surface area contributed by atoms with Gasteiger partial charge in [-0.05, 0) is 37.0 Å². The lowest BCUT2D eigenvalue weighted by atomic mass is 10.1. The molecule has 23 heavy (non-hydrogen) atoms. The quantitative estimate of drug-likeness (QED) is 0.802. The fraction of sp³-hybridized carbons (Fsp3) is 0.278. The summed E-state index contributed by atoms with van der Waals surface area (Å²) < 4.78 is 10.5. The number of anilines is 1. The van der Waals surface area contributed by atoms with Crippen LogP contribution in [0.15, 0.2) is 48.5 Å². The minimum Gasteiger partial charge on any atom is -0.454 e. The van der Waals surface area contributed by atoms with Crippen LogP contribution >= 0.6 is 0 Å². The van der Waals surface area contributed by atoms with Crippen molar-refractivity contribution < 1.29 is 14.3 Å². The standard InChI is InChI=1S/C18H20N2O3/c21-18(19-11-5-4-8-14-6-2-1-3-7-14)20-15-9-10-16-17(12-15)23-13-22-16/h1-3,6-7,9-10,12H,4-5,8,11,13H2,(H2,19,20,21). The minimum absolute atomic E-state index is 0.205. The Morgan fingerprint density at radius 1 is 1.00 bits per heavy atom. The largest absolute Gasteiger partial charge is 0.454 e. The summed E-state index contributed by atoms with van der Waals surface area (Å²) >= 11 is 0. The van der Waals surface area contributed by atoms with Crippen molar-refractivity contribution in [2.24, 2.45) is 0 Å². The van der Waals surface area contributed by atoms with Gasteiger partial charge in [0, 0.05) is 18.3 Å². The topological polar surface area (TPSA) is 59.6 Å². The number of benzene rings is 2. The van der Waals surface area contributed by atoms with Crippen LogP contribution in [-0.4, -0.2) is 19.4 Å². The Labute approximate surface area is 135 Å². The molecule has 0 atom stereocenters. The van der Waals surface area contributed by atoms with E-state index in [1.165, 1.54) is 5.56 Å². The van der Waals surface area contributed by atoms with E-state index in [4.69, 9.17) is 9.47 Å². The molecule has 0 aromatic heterocycles. The number of fused-ring (bicyclic) bond motifs is 1. The predicted octanol–water partition coefficient (Wildman–Crippen LogP) is 3.56. The summed E-state index contributed by atoms with van der Waals surface area (Å²) in [6.45, 7) is 0.885. The first-order chi connectivity index (χ1) is 11.3. The Kier molecular flexibility index (Phi) is 4.99. The second kappa shape index (κ2) is 7.54. The molecule has 0 bridgehead atoms. The maximum absolute atomic E-state index is 11.9. The van der Waals surface area contributed by atoms with Gasteiger partial charge in [0.1, 0.15) is 0 Å². The van der Waals surface area contributed by atoms with Crippen LogP contribution in [0.2, 0.25) is 0 Å². The average molecular weight is 312 g/mol. The molecule has 0 saturated heterocycles. The van der Waals surface area contributed by atoms with Crippen LogP contribution in [0.1, 0.15) is 18.4 Å². The first kappa shape index (κ1) is 15.2. The van der Waals surface area contributed by atoms with Crippen molar-refractivity contribution in [2.75, 3.05) is 18.7 Å². The van der Waals surface area contributed by atoms with Gasteiger partial charge in [0.15, 0.2) is 11.5 Å². The van der Waals surface area contributed by atoms with Gasteiger partial charge in [-0.2, -0.15) is 0 Å². The molecule has 2 aromatic carbocycles. The van der Waals surface area contributed by atoms with E-state index in [2.05, 4.69) is 22.8 Å². The number of ether oxygens (including phenoxy) is 2. The molecule has 1 heterocycles. The molecule has 3 rings (SSSR count). The highest BCUT2D eigenvalue weighted by atomic mass is 16.7. The van der Waals surface area contributed by atoms with Crippen molar-refractivity contribution in [3.8, 4) is 11.5 Å². The molecular formula is C18H20N2O3. The second-order valence-electron chi connectivity index (χ2n) is 5.39. The third kappa shape index (κ3) is 4.39. The highest BCUT2D eigenvalue weighted by Crippen LogP contribution is 2.34. The highest BCUT2D eigenvalue weighted by molar-refractivity contribution is 5.89. The minimum atomic E-state index is -0.205. The number of urea groups is 1. The Bertz CT molecular complexity index is 659. The van der Waals surface area contributed by atoms with Crippen LogP contribution < -0.4 is 20.1 Å². The number of aryl methyl sites for hydroxylation is 1. The molecule has 0 aliphatic carbocycles. The van der Waals surface area contributed by atoms with Crippen LogP contribution in [-0.2, 0) is 6.42 Å². The third-order valence-electron chi connectivity index (χ3n) is 3.65. The van der Waals surface area contributed by atoms with E-state index >= 15 is 0 Å². The molecule has 2 aromatic rings. The average Bonchev–Trinajstić information content (AvgIpc) is 3.03. The number of amides is 2. The molecule has 2 amide bonds. The van der Waals surface area contributed by atoms with Crippen molar-refractivity contribution in [2.45, 2.75) is 19.3 Å². The summed E-state index contributed by atoms with van der Waals surface area (Å²) in [6.07, 6.45) is 3.03. The molecule has 0 unspecified atom stereocenters. The number of hydrogen-bond donors (Lipinski definition) is 2. The van der Waals surface area contributed by atoms with E-state index in [1.807, 2.05) is 18.2 Å². The van der Waals surface area contributed by atoms with Gasteiger partial charge < -0.3 is 20.1 Å². The molecule has 0 saturated carbocycles. The van der Waals surface area contributed by atoms with Crippen LogP contribution in [0, 0.1) is 0 Å². The van der Waals surface area contributed by atoms with Crippen molar-refractivity contribution in [1.82, 2.24) is 5.32 Å². The number of nitrogens with one attached hydrogen (secondary N) is 2. The lowest BCUT2D eigenvalue weighted by Gasteiger charge is -2.08. The van der Waals surface area contributed by atoms with Crippen molar-refractivity contribution in [3.63, 3.8) is 0 Å². The normalized spacial score (nSPS) is 12.0. The smallest absolute Gasteiger partial charge is 0.319 e. The number of unbranched alkanes of at least 4 members (excludes halogenated alkanes) is 1. The number of carbonyl (C=O) groups excluding carboxylic acids is 1. The van der Waals surface area contributed by atoms with E-state index in [-0.39, 0.29) is 12.8 Å². The van der Waals surface area contributed by atoms with Crippen molar-refractivity contribution in [1.29, 1.82) is 0 Å². The Morgan fingerprint density at radius 3 is 2.70 bits per heavy atom. The van der Waals surface area contributed by atoms with Gasteiger partial charge in [-0.25, -0.2) is 4.79 Å². The Hall–Kier alpha value is -2.69.